The van der Waals surface area contributed by atoms with E-state index in [1.165, 1.54) is 24.3 Å². The normalized spacial score (nSPS) is 14.2. The number of imide groups is 1. The molecule has 0 fully saturated rings. The zero-order chi connectivity index (χ0) is 19.0. The van der Waals surface area contributed by atoms with Crippen molar-refractivity contribution >= 4 is 46.1 Å². The number of anilines is 2. The van der Waals surface area contributed by atoms with Crippen molar-refractivity contribution in [1.29, 1.82) is 0 Å². The summed E-state index contributed by atoms with van der Waals surface area (Å²) in [5, 5.41) is 10.6. The summed E-state index contributed by atoms with van der Waals surface area (Å²) in [5.41, 5.74) is 1.59. The van der Waals surface area contributed by atoms with Crippen LogP contribution < -0.4 is 9.80 Å². The van der Waals surface area contributed by atoms with E-state index in [0.29, 0.717) is 11.3 Å². The van der Waals surface area contributed by atoms with Gasteiger partial charge in [-0.1, -0.05) is 11.6 Å². The summed E-state index contributed by atoms with van der Waals surface area (Å²) >= 11 is 6.11. The molecule has 8 heteroatoms. The van der Waals surface area contributed by atoms with Gasteiger partial charge in [-0.05, 0) is 42.0 Å². The lowest BCUT2D eigenvalue weighted by Gasteiger charge is -2.17. The fourth-order valence-corrected chi connectivity index (χ4v) is 2.91. The minimum Gasteiger partial charge on any atom is -0.378 e. The van der Waals surface area contributed by atoms with Crippen molar-refractivity contribution in [3.8, 4) is 0 Å². The predicted molar refractivity (Wildman–Crippen MR) is 99.1 cm³/mol. The number of rotatable bonds is 4. The summed E-state index contributed by atoms with van der Waals surface area (Å²) in [4.78, 5) is 38.4. The van der Waals surface area contributed by atoms with Gasteiger partial charge in [0.1, 0.15) is 5.03 Å². The molecule has 0 saturated heterocycles. The lowest BCUT2D eigenvalue weighted by atomic mass is 10.1. The molecule has 0 saturated carbocycles. The maximum absolute atomic E-state index is 12.8. The molecule has 2 aromatic rings. The fourth-order valence-electron chi connectivity index (χ4n) is 2.64. The smallest absolute Gasteiger partial charge is 0.277 e. The second-order valence-corrected chi connectivity index (χ2v) is 6.23. The minimum absolute atomic E-state index is 0.0308. The van der Waals surface area contributed by atoms with E-state index in [0.717, 1.165) is 10.6 Å². The van der Waals surface area contributed by atoms with Crippen molar-refractivity contribution in [3.05, 3.63) is 69.2 Å². The van der Waals surface area contributed by atoms with Crippen molar-refractivity contribution < 1.29 is 14.5 Å². The number of hydrogen-bond donors (Lipinski definition) is 0. The number of halogens is 1. The minimum atomic E-state index is -0.623. The Bertz CT molecular complexity index is 934. The molecule has 26 heavy (non-hydrogen) atoms. The van der Waals surface area contributed by atoms with Crippen LogP contribution in [0.4, 0.5) is 17.1 Å². The average molecular weight is 372 g/mol. The first kappa shape index (κ1) is 17.6. The number of benzene rings is 2. The van der Waals surface area contributed by atoms with Gasteiger partial charge in [0.25, 0.3) is 17.5 Å². The van der Waals surface area contributed by atoms with E-state index in [9.17, 15) is 19.7 Å². The van der Waals surface area contributed by atoms with E-state index in [1.54, 1.807) is 24.3 Å². The zero-order valence-electron chi connectivity index (χ0n) is 14.0. The Morgan fingerprint density at radius 1 is 0.962 bits per heavy atom. The fraction of sp³-hybridized carbons (Fsp3) is 0.111. The molecule has 3 rings (SSSR count). The Labute approximate surface area is 154 Å². The molecule has 0 N–H and O–H groups in total. The molecule has 0 bridgehead atoms. The van der Waals surface area contributed by atoms with Crippen molar-refractivity contribution in [2.45, 2.75) is 0 Å². The molecule has 0 unspecified atom stereocenters. The van der Waals surface area contributed by atoms with E-state index >= 15 is 0 Å². The maximum Gasteiger partial charge on any atom is 0.277 e. The number of nitro benzene ring substituents is 1. The van der Waals surface area contributed by atoms with E-state index < -0.39 is 16.7 Å². The van der Waals surface area contributed by atoms with Crippen LogP contribution in [0.2, 0.25) is 0 Å². The lowest BCUT2D eigenvalue weighted by Crippen LogP contribution is -2.31. The van der Waals surface area contributed by atoms with E-state index in [2.05, 4.69) is 0 Å². The third-order valence-electron chi connectivity index (χ3n) is 4.02. The van der Waals surface area contributed by atoms with Crippen LogP contribution in [0.15, 0.2) is 53.6 Å². The van der Waals surface area contributed by atoms with Crippen LogP contribution in [0.25, 0.3) is 5.57 Å². The molecule has 0 spiro atoms. The summed E-state index contributed by atoms with van der Waals surface area (Å²) in [6.45, 7) is 0. The number of nitro groups is 1. The van der Waals surface area contributed by atoms with E-state index in [-0.39, 0.29) is 16.3 Å². The molecule has 132 valence electrons. The van der Waals surface area contributed by atoms with Crippen LogP contribution in [0.1, 0.15) is 5.56 Å². The SMILES string of the molecule is CN(C)c1ccc(N2C(=O)C(Cl)=C(c3ccc([N+](=O)[O-])cc3)C2=O)cc1. The topological polar surface area (TPSA) is 83.8 Å². The summed E-state index contributed by atoms with van der Waals surface area (Å²) < 4.78 is 0. The number of nitrogens with zero attached hydrogens (tertiary/aromatic N) is 3. The highest BCUT2D eigenvalue weighted by Crippen LogP contribution is 2.35. The number of non-ortho nitro benzene ring substituents is 1. The molecule has 1 aliphatic rings. The van der Waals surface area contributed by atoms with Gasteiger partial charge in [0, 0.05) is 31.9 Å². The molecule has 1 aliphatic heterocycles. The maximum atomic E-state index is 12.8. The van der Waals surface area contributed by atoms with Crippen molar-refractivity contribution in [3.63, 3.8) is 0 Å². The summed E-state index contributed by atoms with van der Waals surface area (Å²) in [6, 6.07) is 12.2. The summed E-state index contributed by atoms with van der Waals surface area (Å²) in [6.07, 6.45) is 0. The third-order valence-corrected chi connectivity index (χ3v) is 4.37. The van der Waals surface area contributed by atoms with Gasteiger partial charge in [0.15, 0.2) is 0 Å². The Balaban J connectivity index is 1.95. The van der Waals surface area contributed by atoms with Crippen LogP contribution in [-0.4, -0.2) is 30.8 Å². The van der Waals surface area contributed by atoms with Gasteiger partial charge >= 0.3 is 0 Å². The molecule has 0 radical (unpaired) electrons. The zero-order valence-corrected chi connectivity index (χ0v) is 14.7. The Kier molecular flexibility index (Phi) is 4.48. The molecule has 1 heterocycles. The van der Waals surface area contributed by atoms with E-state index in [1.807, 2.05) is 19.0 Å². The molecule has 0 aromatic heterocycles. The number of amides is 2. The second kappa shape index (κ2) is 6.61. The average Bonchev–Trinajstić information content (AvgIpc) is 2.84. The van der Waals surface area contributed by atoms with Gasteiger partial charge in [-0.3, -0.25) is 19.7 Å². The van der Waals surface area contributed by atoms with Crippen molar-refractivity contribution in [2.75, 3.05) is 23.9 Å². The van der Waals surface area contributed by atoms with Crippen LogP contribution in [0.3, 0.4) is 0 Å². The highest BCUT2D eigenvalue weighted by molar-refractivity contribution is 6.60. The first-order chi connectivity index (χ1) is 12.3. The lowest BCUT2D eigenvalue weighted by molar-refractivity contribution is -0.384. The van der Waals surface area contributed by atoms with Gasteiger partial charge in [0.05, 0.1) is 16.2 Å². The Hall–Kier alpha value is -3.19. The molecule has 2 aromatic carbocycles. The standard InChI is InChI=1S/C18H14ClN3O4/c1-20(2)12-7-9-13(10-8-12)21-17(23)15(16(19)18(21)24)11-3-5-14(6-4-11)22(25)26/h3-10H,1-2H3. The monoisotopic (exact) mass is 371 g/mol. The molecule has 7 nitrogen and oxygen atoms in total. The second-order valence-electron chi connectivity index (χ2n) is 5.85. The van der Waals surface area contributed by atoms with E-state index in [4.69, 9.17) is 11.6 Å². The summed E-state index contributed by atoms with van der Waals surface area (Å²) in [5.74, 6) is -1.19. The van der Waals surface area contributed by atoms with Crippen LogP contribution >= 0.6 is 11.6 Å². The number of hydrogen-bond acceptors (Lipinski definition) is 5. The quantitative estimate of drug-likeness (QED) is 0.468. The molecule has 0 aliphatic carbocycles. The molecule has 2 amide bonds. The Morgan fingerprint density at radius 2 is 1.54 bits per heavy atom. The van der Waals surface area contributed by atoms with Gasteiger partial charge in [-0.15, -0.1) is 0 Å². The van der Waals surface area contributed by atoms with Gasteiger partial charge in [0.2, 0.25) is 0 Å². The van der Waals surface area contributed by atoms with Crippen LogP contribution in [0, 0.1) is 10.1 Å². The van der Waals surface area contributed by atoms with Crippen molar-refractivity contribution in [2.24, 2.45) is 0 Å². The molecule has 0 atom stereocenters. The molecular weight excluding hydrogens is 358 g/mol. The largest absolute Gasteiger partial charge is 0.378 e. The number of carbonyl (C=O) groups excluding carboxylic acids is 2. The molecular formula is C18H14ClN3O4. The predicted octanol–water partition coefficient (Wildman–Crippen LogP) is 3.18. The highest BCUT2D eigenvalue weighted by atomic mass is 35.5. The van der Waals surface area contributed by atoms with Gasteiger partial charge < -0.3 is 4.90 Å². The van der Waals surface area contributed by atoms with Crippen molar-refractivity contribution in [1.82, 2.24) is 0 Å². The third kappa shape index (κ3) is 2.93. The van der Waals surface area contributed by atoms with Crippen LogP contribution in [0.5, 0.6) is 0 Å². The summed E-state index contributed by atoms with van der Waals surface area (Å²) in [7, 11) is 3.76. The highest BCUT2D eigenvalue weighted by Gasteiger charge is 2.39. The van der Waals surface area contributed by atoms with Gasteiger partial charge in [-0.25, -0.2) is 4.90 Å². The first-order valence-electron chi connectivity index (χ1n) is 7.62. The number of carbonyl (C=O) groups is 2. The Morgan fingerprint density at radius 3 is 2.04 bits per heavy atom. The first-order valence-corrected chi connectivity index (χ1v) is 8.00. The van der Waals surface area contributed by atoms with Gasteiger partial charge in [-0.2, -0.15) is 0 Å². The van der Waals surface area contributed by atoms with Crippen LogP contribution in [-0.2, 0) is 9.59 Å².